The highest BCUT2D eigenvalue weighted by Gasteiger charge is 2.12. The van der Waals surface area contributed by atoms with Crippen LogP contribution >= 0.6 is 0 Å². The molecule has 0 spiro atoms. The first-order chi connectivity index (χ1) is 9.47. The first-order valence-corrected chi connectivity index (χ1v) is 6.21. The molecule has 0 aliphatic carbocycles. The van der Waals surface area contributed by atoms with Crippen molar-refractivity contribution in [1.82, 2.24) is 14.8 Å². The number of hydrogen-bond donors (Lipinski definition) is 1. The molecule has 1 aromatic carbocycles. The lowest BCUT2D eigenvalue weighted by Gasteiger charge is -2.10. The number of rotatable bonds is 5. The molecule has 1 aromatic heterocycles. The molecule has 108 valence electrons. The van der Waals surface area contributed by atoms with E-state index in [1.165, 1.54) is 6.33 Å². The number of halogens is 2. The molecule has 0 fully saturated rings. The van der Waals surface area contributed by atoms with E-state index in [0.29, 0.717) is 18.3 Å². The Balaban J connectivity index is 2.09. The topological polar surface area (TPSA) is 66.0 Å². The van der Waals surface area contributed by atoms with Gasteiger partial charge in [-0.2, -0.15) is 5.10 Å². The van der Waals surface area contributed by atoms with E-state index in [1.807, 2.05) is 13.8 Å². The maximum atomic E-state index is 13.6. The average Bonchev–Trinajstić information content (AvgIpc) is 2.79. The highest BCUT2D eigenvalue weighted by Crippen LogP contribution is 2.23. The zero-order chi connectivity index (χ0) is 14.7. The predicted octanol–water partition coefficient (Wildman–Crippen LogP) is 2.37. The number of nitrogens with two attached hydrogens (primary N) is 1. The van der Waals surface area contributed by atoms with Gasteiger partial charge in [0.05, 0.1) is 5.69 Å². The van der Waals surface area contributed by atoms with Gasteiger partial charge in [-0.25, -0.2) is 18.4 Å². The second kappa shape index (κ2) is 5.85. The summed E-state index contributed by atoms with van der Waals surface area (Å²) in [5.41, 5.74) is 5.01. The summed E-state index contributed by atoms with van der Waals surface area (Å²) >= 11 is 0. The van der Waals surface area contributed by atoms with Gasteiger partial charge in [0.25, 0.3) is 0 Å². The third kappa shape index (κ3) is 3.23. The van der Waals surface area contributed by atoms with Crippen LogP contribution in [0.2, 0.25) is 0 Å². The van der Waals surface area contributed by atoms with Gasteiger partial charge in [-0.3, -0.25) is 0 Å². The maximum absolute atomic E-state index is 13.6. The standard InChI is InChI=1S/C13H16F2N4O/c1-8(2)5-19-13(17-7-18-19)6-20-12-4-9(14)11(16)3-10(12)15/h3-4,7-8H,5-6,16H2,1-2H3. The monoisotopic (exact) mass is 282 g/mol. The number of nitrogens with zero attached hydrogens (tertiary/aromatic N) is 3. The molecule has 0 atom stereocenters. The van der Waals surface area contributed by atoms with E-state index in [9.17, 15) is 8.78 Å². The summed E-state index contributed by atoms with van der Waals surface area (Å²) < 4.78 is 33.7. The Bertz CT molecular complexity index is 598. The van der Waals surface area contributed by atoms with Crippen LogP contribution in [0.25, 0.3) is 0 Å². The van der Waals surface area contributed by atoms with Gasteiger partial charge < -0.3 is 10.5 Å². The largest absolute Gasteiger partial charge is 0.482 e. The molecule has 2 aromatic rings. The minimum Gasteiger partial charge on any atom is -0.482 e. The van der Waals surface area contributed by atoms with E-state index in [1.54, 1.807) is 4.68 Å². The van der Waals surface area contributed by atoms with Crippen molar-refractivity contribution < 1.29 is 13.5 Å². The normalized spacial score (nSPS) is 11.1. The van der Waals surface area contributed by atoms with Crippen LogP contribution in [-0.4, -0.2) is 14.8 Å². The smallest absolute Gasteiger partial charge is 0.167 e. The third-order valence-corrected chi connectivity index (χ3v) is 2.64. The summed E-state index contributed by atoms with van der Waals surface area (Å²) in [6.07, 6.45) is 1.40. The summed E-state index contributed by atoms with van der Waals surface area (Å²) in [5, 5.41) is 4.06. The second-order valence-corrected chi connectivity index (χ2v) is 4.85. The highest BCUT2D eigenvalue weighted by molar-refractivity contribution is 5.44. The van der Waals surface area contributed by atoms with Crippen LogP contribution in [0.5, 0.6) is 5.75 Å². The Hall–Kier alpha value is -2.18. The fraction of sp³-hybridized carbons (Fsp3) is 0.385. The van der Waals surface area contributed by atoms with Crippen molar-refractivity contribution in [2.45, 2.75) is 27.0 Å². The van der Waals surface area contributed by atoms with Crippen LogP contribution in [0, 0.1) is 17.6 Å². The van der Waals surface area contributed by atoms with Gasteiger partial charge in [-0.1, -0.05) is 13.8 Å². The quantitative estimate of drug-likeness (QED) is 0.855. The Morgan fingerprint density at radius 2 is 2.05 bits per heavy atom. The molecule has 0 aliphatic rings. The first kappa shape index (κ1) is 14.2. The zero-order valence-electron chi connectivity index (χ0n) is 11.3. The van der Waals surface area contributed by atoms with Crippen molar-refractivity contribution in [2.24, 2.45) is 5.92 Å². The predicted molar refractivity (Wildman–Crippen MR) is 70.0 cm³/mol. The maximum Gasteiger partial charge on any atom is 0.167 e. The van der Waals surface area contributed by atoms with Crippen molar-refractivity contribution in [3.8, 4) is 5.75 Å². The number of hydrogen-bond acceptors (Lipinski definition) is 4. The molecule has 2 N–H and O–H groups in total. The minimum absolute atomic E-state index is 0.00694. The molecular weight excluding hydrogens is 266 g/mol. The number of anilines is 1. The second-order valence-electron chi connectivity index (χ2n) is 4.85. The molecule has 0 aliphatic heterocycles. The molecule has 1 heterocycles. The van der Waals surface area contributed by atoms with Crippen LogP contribution in [-0.2, 0) is 13.2 Å². The van der Waals surface area contributed by atoms with Gasteiger partial charge in [0.2, 0.25) is 0 Å². The average molecular weight is 282 g/mol. The lowest BCUT2D eigenvalue weighted by Crippen LogP contribution is -2.12. The van der Waals surface area contributed by atoms with E-state index in [0.717, 1.165) is 12.1 Å². The van der Waals surface area contributed by atoms with Gasteiger partial charge in [0.15, 0.2) is 17.4 Å². The number of nitrogen functional groups attached to an aromatic ring is 1. The highest BCUT2D eigenvalue weighted by atomic mass is 19.1. The van der Waals surface area contributed by atoms with E-state index in [2.05, 4.69) is 10.1 Å². The number of ether oxygens (including phenoxy) is 1. The van der Waals surface area contributed by atoms with Crippen molar-refractivity contribution >= 4 is 5.69 Å². The molecule has 2 rings (SSSR count). The number of aromatic nitrogens is 3. The van der Waals surface area contributed by atoms with Gasteiger partial charge in [-0.15, -0.1) is 0 Å². The Morgan fingerprint density at radius 1 is 1.30 bits per heavy atom. The van der Waals surface area contributed by atoms with E-state index in [-0.39, 0.29) is 18.0 Å². The first-order valence-electron chi connectivity index (χ1n) is 6.21. The molecule has 0 radical (unpaired) electrons. The Kier molecular flexibility index (Phi) is 4.16. The third-order valence-electron chi connectivity index (χ3n) is 2.64. The Morgan fingerprint density at radius 3 is 2.75 bits per heavy atom. The van der Waals surface area contributed by atoms with E-state index >= 15 is 0 Å². The van der Waals surface area contributed by atoms with Crippen LogP contribution in [0.3, 0.4) is 0 Å². The van der Waals surface area contributed by atoms with Crippen molar-refractivity contribution in [3.63, 3.8) is 0 Å². The minimum atomic E-state index is -0.718. The van der Waals surface area contributed by atoms with Gasteiger partial charge in [0, 0.05) is 18.7 Å². The SMILES string of the molecule is CC(C)Cn1ncnc1COc1cc(F)c(N)cc1F. The molecule has 0 amide bonds. The zero-order valence-corrected chi connectivity index (χ0v) is 11.3. The lowest BCUT2D eigenvalue weighted by atomic mass is 10.2. The Labute approximate surface area is 115 Å². The van der Waals surface area contributed by atoms with Crippen LogP contribution < -0.4 is 10.5 Å². The van der Waals surface area contributed by atoms with Crippen molar-refractivity contribution in [2.75, 3.05) is 5.73 Å². The summed E-state index contributed by atoms with van der Waals surface area (Å²) in [6.45, 7) is 4.77. The van der Waals surface area contributed by atoms with Crippen LogP contribution in [0.15, 0.2) is 18.5 Å². The van der Waals surface area contributed by atoms with E-state index in [4.69, 9.17) is 10.5 Å². The van der Waals surface area contributed by atoms with Crippen LogP contribution in [0.4, 0.5) is 14.5 Å². The molecule has 20 heavy (non-hydrogen) atoms. The van der Waals surface area contributed by atoms with Gasteiger partial charge >= 0.3 is 0 Å². The lowest BCUT2D eigenvalue weighted by molar-refractivity contribution is 0.268. The summed E-state index contributed by atoms with van der Waals surface area (Å²) in [6, 6.07) is 1.82. The van der Waals surface area contributed by atoms with Gasteiger partial charge in [0.1, 0.15) is 18.8 Å². The number of benzene rings is 1. The van der Waals surface area contributed by atoms with Crippen LogP contribution in [0.1, 0.15) is 19.7 Å². The molecule has 0 unspecified atom stereocenters. The van der Waals surface area contributed by atoms with Crippen molar-refractivity contribution in [3.05, 3.63) is 35.9 Å². The summed E-state index contributed by atoms with van der Waals surface area (Å²) in [4.78, 5) is 4.04. The molecule has 0 bridgehead atoms. The van der Waals surface area contributed by atoms with Crippen molar-refractivity contribution in [1.29, 1.82) is 0 Å². The summed E-state index contributed by atoms with van der Waals surface area (Å²) in [5.74, 6) is -0.684. The summed E-state index contributed by atoms with van der Waals surface area (Å²) in [7, 11) is 0. The molecule has 7 heteroatoms. The fourth-order valence-corrected chi connectivity index (χ4v) is 1.70. The van der Waals surface area contributed by atoms with E-state index < -0.39 is 11.6 Å². The fourth-order valence-electron chi connectivity index (χ4n) is 1.70. The molecule has 0 saturated heterocycles. The molecule has 5 nitrogen and oxygen atoms in total. The van der Waals surface area contributed by atoms with Gasteiger partial charge in [-0.05, 0) is 5.92 Å². The molecule has 0 saturated carbocycles. The molecular formula is C13H16F2N4O.